The van der Waals surface area contributed by atoms with Crippen LogP contribution in [0.3, 0.4) is 0 Å². The Labute approximate surface area is 170 Å². The number of nitrogens with zero attached hydrogens (tertiary/aromatic N) is 4. The first kappa shape index (κ1) is 19.1. The first-order chi connectivity index (χ1) is 14.1. The Hall–Kier alpha value is -3.28. The molecule has 0 aliphatic carbocycles. The summed E-state index contributed by atoms with van der Waals surface area (Å²) in [6.45, 7) is 3.56. The van der Waals surface area contributed by atoms with Crippen LogP contribution in [0.5, 0.6) is 5.75 Å². The minimum Gasteiger partial charge on any atom is -0.504 e. The molecular weight excluding hydrogens is 364 g/mol. The molecule has 0 atom stereocenters. The van der Waals surface area contributed by atoms with Crippen molar-refractivity contribution >= 4 is 12.1 Å². The number of aldehydes is 1. The number of aromatic nitrogens is 3. The number of carbonyl (C=O) groups excluding carboxylic acids is 1. The lowest BCUT2D eigenvalue weighted by molar-refractivity contribution is 0.111. The van der Waals surface area contributed by atoms with Crippen molar-refractivity contribution in [1.82, 2.24) is 15.0 Å². The number of piperidine rings is 1. The smallest absolute Gasteiger partial charge is 0.172 e. The zero-order valence-corrected chi connectivity index (χ0v) is 16.5. The number of hydrogen-bond acceptors (Lipinski definition) is 6. The maximum Gasteiger partial charge on any atom is 0.172 e. The number of aromatic hydroxyl groups is 1. The minimum atomic E-state index is -0.122. The lowest BCUT2D eigenvalue weighted by Crippen LogP contribution is -2.35. The zero-order valence-electron chi connectivity index (χ0n) is 16.5. The largest absolute Gasteiger partial charge is 0.504 e. The summed E-state index contributed by atoms with van der Waals surface area (Å²) < 4.78 is 0. The van der Waals surface area contributed by atoms with E-state index in [9.17, 15) is 9.90 Å². The number of aryl methyl sites for hydroxylation is 1. The van der Waals surface area contributed by atoms with Crippen LogP contribution in [0.1, 0.15) is 34.8 Å². The van der Waals surface area contributed by atoms with Crippen LogP contribution in [0.4, 0.5) is 5.82 Å². The zero-order chi connectivity index (χ0) is 20.2. The van der Waals surface area contributed by atoms with E-state index in [2.05, 4.69) is 44.1 Å². The Balaban J connectivity index is 1.37. The molecule has 0 saturated carbocycles. The fourth-order valence-electron chi connectivity index (χ4n) is 3.82. The molecule has 1 N–H and O–H groups in total. The van der Waals surface area contributed by atoms with Crippen LogP contribution in [-0.4, -0.2) is 39.4 Å². The van der Waals surface area contributed by atoms with Gasteiger partial charge in [0.05, 0.1) is 5.69 Å². The summed E-state index contributed by atoms with van der Waals surface area (Å²) in [4.78, 5) is 26.6. The molecular formula is C23H24N4O2. The first-order valence-corrected chi connectivity index (χ1v) is 9.92. The third-order valence-corrected chi connectivity index (χ3v) is 5.51. The van der Waals surface area contributed by atoms with Crippen LogP contribution in [-0.2, 0) is 6.42 Å². The van der Waals surface area contributed by atoms with Gasteiger partial charge in [0, 0.05) is 31.3 Å². The van der Waals surface area contributed by atoms with Gasteiger partial charge < -0.3 is 10.0 Å². The fraction of sp³-hybridized carbons (Fsp3) is 0.304. The number of benzene rings is 1. The van der Waals surface area contributed by atoms with E-state index >= 15 is 0 Å². The number of rotatable bonds is 5. The second-order valence-electron chi connectivity index (χ2n) is 7.48. The summed E-state index contributed by atoms with van der Waals surface area (Å²) >= 11 is 0. The predicted molar refractivity (Wildman–Crippen MR) is 112 cm³/mol. The Bertz CT molecular complexity index is 982. The highest BCUT2D eigenvalue weighted by Crippen LogP contribution is 2.26. The molecule has 3 heterocycles. The van der Waals surface area contributed by atoms with Crippen molar-refractivity contribution in [1.29, 1.82) is 0 Å². The van der Waals surface area contributed by atoms with Gasteiger partial charge in [-0.25, -0.2) is 15.0 Å². The fourth-order valence-corrected chi connectivity index (χ4v) is 3.82. The van der Waals surface area contributed by atoms with Crippen molar-refractivity contribution in [3.63, 3.8) is 0 Å². The summed E-state index contributed by atoms with van der Waals surface area (Å²) in [5.74, 6) is 1.97. The standard InChI is InChI=1S/C23H24N4O2/c1-16-23(29)20(15-28)26-21(25-16)13-17-9-11-27(12-10-17)22-8-7-19(14-24-22)18-5-3-2-4-6-18/h2-8,14-15,17,29H,9-13H2,1H3. The average molecular weight is 388 g/mol. The van der Waals surface area contributed by atoms with E-state index in [1.807, 2.05) is 24.4 Å². The van der Waals surface area contributed by atoms with E-state index in [1.54, 1.807) is 6.92 Å². The van der Waals surface area contributed by atoms with Crippen molar-refractivity contribution in [3.8, 4) is 16.9 Å². The van der Waals surface area contributed by atoms with Crippen molar-refractivity contribution in [3.05, 3.63) is 65.9 Å². The lowest BCUT2D eigenvalue weighted by Gasteiger charge is -2.32. The maximum absolute atomic E-state index is 11.1. The summed E-state index contributed by atoms with van der Waals surface area (Å²) in [6, 6.07) is 14.5. The molecule has 2 aromatic heterocycles. The normalized spacial score (nSPS) is 14.7. The van der Waals surface area contributed by atoms with Crippen LogP contribution in [0, 0.1) is 12.8 Å². The topological polar surface area (TPSA) is 79.2 Å². The summed E-state index contributed by atoms with van der Waals surface area (Å²) in [7, 11) is 0. The molecule has 0 amide bonds. The molecule has 0 spiro atoms. The molecule has 6 nitrogen and oxygen atoms in total. The van der Waals surface area contributed by atoms with Gasteiger partial charge in [-0.3, -0.25) is 4.79 Å². The van der Waals surface area contributed by atoms with E-state index in [4.69, 9.17) is 0 Å². The Kier molecular flexibility index (Phi) is 5.51. The molecule has 6 heteroatoms. The molecule has 1 aliphatic heterocycles. The van der Waals surface area contributed by atoms with Crippen LogP contribution in [0.25, 0.3) is 11.1 Å². The molecule has 1 aliphatic rings. The molecule has 1 fully saturated rings. The molecule has 4 rings (SSSR count). The number of carbonyl (C=O) groups is 1. The van der Waals surface area contributed by atoms with Gasteiger partial charge in [-0.1, -0.05) is 30.3 Å². The van der Waals surface area contributed by atoms with E-state index in [-0.39, 0.29) is 11.4 Å². The van der Waals surface area contributed by atoms with E-state index in [0.717, 1.165) is 43.7 Å². The Morgan fingerprint density at radius 1 is 1.07 bits per heavy atom. The third kappa shape index (κ3) is 4.26. The van der Waals surface area contributed by atoms with Crippen molar-refractivity contribution in [2.24, 2.45) is 5.92 Å². The Morgan fingerprint density at radius 3 is 2.48 bits per heavy atom. The summed E-state index contributed by atoms with van der Waals surface area (Å²) in [5, 5.41) is 9.81. The Morgan fingerprint density at radius 2 is 1.83 bits per heavy atom. The number of pyridine rings is 1. The number of hydrogen-bond donors (Lipinski definition) is 1. The molecule has 29 heavy (non-hydrogen) atoms. The molecule has 0 unspecified atom stereocenters. The van der Waals surface area contributed by atoms with Gasteiger partial charge in [0.25, 0.3) is 0 Å². The average Bonchev–Trinajstić information content (AvgIpc) is 2.77. The van der Waals surface area contributed by atoms with Gasteiger partial charge in [0.1, 0.15) is 17.3 Å². The highest BCUT2D eigenvalue weighted by atomic mass is 16.3. The summed E-state index contributed by atoms with van der Waals surface area (Å²) in [6.07, 6.45) is 5.27. The lowest BCUT2D eigenvalue weighted by atomic mass is 9.93. The first-order valence-electron chi connectivity index (χ1n) is 9.92. The van der Waals surface area contributed by atoms with E-state index < -0.39 is 0 Å². The highest BCUT2D eigenvalue weighted by molar-refractivity contribution is 5.76. The van der Waals surface area contributed by atoms with Crippen LogP contribution >= 0.6 is 0 Å². The van der Waals surface area contributed by atoms with Gasteiger partial charge in [-0.05, 0) is 43.4 Å². The molecule has 1 aromatic carbocycles. The van der Waals surface area contributed by atoms with Crippen LogP contribution in [0.2, 0.25) is 0 Å². The molecule has 3 aromatic rings. The second kappa shape index (κ2) is 8.39. The second-order valence-corrected chi connectivity index (χ2v) is 7.48. The number of anilines is 1. The van der Waals surface area contributed by atoms with Crippen molar-refractivity contribution < 1.29 is 9.90 Å². The summed E-state index contributed by atoms with van der Waals surface area (Å²) in [5.41, 5.74) is 2.82. The quantitative estimate of drug-likeness (QED) is 0.670. The molecule has 0 bridgehead atoms. The van der Waals surface area contributed by atoms with Gasteiger partial charge >= 0.3 is 0 Å². The maximum atomic E-state index is 11.1. The highest BCUT2D eigenvalue weighted by Gasteiger charge is 2.22. The molecule has 148 valence electrons. The van der Waals surface area contributed by atoms with Crippen LogP contribution < -0.4 is 4.90 Å². The van der Waals surface area contributed by atoms with E-state index in [0.29, 0.717) is 23.7 Å². The SMILES string of the molecule is Cc1nc(CC2CCN(c3ccc(-c4ccccc4)cn3)CC2)nc(C=O)c1O. The minimum absolute atomic E-state index is 0.0765. The van der Waals surface area contributed by atoms with Gasteiger partial charge in [0.2, 0.25) is 0 Å². The van der Waals surface area contributed by atoms with Crippen molar-refractivity contribution in [2.45, 2.75) is 26.2 Å². The third-order valence-electron chi connectivity index (χ3n) is 5.51. The van der Waals surface area contributed by atoms with Gasteiger partial charge in [-0.15, -0.1) is 0 Å². The van der Waals surface area contributed by atoms with Crippen LogP contribution in [0.15, 0.2) is 48.7 Å². The molecule has 1 saturated heterocycles. The monoisotopic (exact) mass is 388 g/mol. The van der Waals surface area contributed by atoms with Gasteiger partial charge in [-0.2, -0.15) is 0 Å². The predicted octanol–water partition coefficient (Wildman–Crippen LogP) is 3.82. The van der Waals surface area contributed by atoms with Crippen molar-refractivity contribution in [2.75, 3.05) is 18.0 Å². The molecule has 0 radical (unpaired) electrons. The van der Waals surface area contributed by atoms with Gasteiger partial charge in [0.15, 0.2) is 12.0 Å². The van der Waals surface area contributed by atoms with E-state index in [1.165, 1.54) is 5.56 Å².